The molecule has 0 saturated carbocycles. The molecule has 1 aliphatic heterocycles. The van der Waals surface area contributed by atoms with Crippen LogP contribution >= 0.6 is 0 Å². The van der Waals surface area contributed by atoms with Gasteiger partial charge in [0.15, 0.2) is 5.82 Å². The van der Waals surface area contributed by atoms with E-state index >= 15 is 0 Å². The van der Waals surface area contributed by atoms with E-state index in [9.17, 15) is 0 Å². The third kappa shape index (κ3) is 4.13. The summed E-state index contributed by atoms with van der Waals surface area (Å²) in [5.41, 5.74) is 0. The van der Waals surface area contributed by atoms with Crippen LogP contribution in [0.5, 0.6) is 0 Å². The number of hydrogen-bond acceptors (Lipinski definition) is 6. The first-order valence-corrected chi connectivity index (χ1v) is 8.19. The summed E-state index contributed by atoms with van der Waals surface area (Å²) >= 11 is 0. The average Bonchev–Trinajstić information content (AvgIpc) is 3.17. The predicted octanol–water partition coefficient (Wildman–Crippen LogP) is 1.92. The summed E-state index contributed by atoms with van der Waals surface area (Å²) in [5, 5.41) is 8.26. The highest BCUT2D eigenvalue weighted by atomic mass is 16.5. The van der Waals surface area contributed by atoms with Crippen molar-refractivity contribution in [1.29, 1.82) is 0 Å². The summed E-state index contributed by atoms with van der Waals surface area (Å²) in [4.78, 5) is 10.9. The Hall–Kier alpha value is -1.76. The van der Waals surface area contributed by atoms with Crippen molar-refractivity contribution in [3.63, 3.8) is 0 Å². The molecule has 0 bridgehead atoms. The average molecular weight is 304 g/mol. The van der Waals surface area contributed by atoms with Gasteiger partial charge in [-0.15, -0.1) is 0 Å². The van der Waals surface area contributed by atoms with Gasteiger partial charge in [0, 0.05) is 19.5 Å². The number of likely N-dealkylation sites (tertiary alicyclic amines) is 1. The molecule has 3 heterocycles. The van der Waals surface area contributed by atoms with Crippen molar-refractivity contribution in [2.75, 3.05) is 13.1 Å². The van der Waals surface area contributed by atoms with Gasteiger partial charge in [-0.1, -0.05) is 18.5 Å². The fourth-order valence-electron chi connectivity index (χ4n) is 3.02. The Balaban J connectivity index is 1.50. The smallest absolute Gasteiger partial charge is 0.240 e. The molecule has 1 fully saturated rings. The fourth-order valence-corrected chi connectivity index (χ4v) is 3.02. The maximum atomic E-state index is 5.38. The highest BCUT2D eigenvalue weighted by Gasteiger charge is 2.22. The Kier molecular flexibility index (Phi) is 5.15. The van der Waals surface area contributed by atoms with Gasteiger partial charge in [-0.3, -0.25) is 9.58 Å². The van der Waals surface area contributed by atoms with Crippen LogP contribution in [0, 0.1) is 5.92 Å². The minimum Gasteiger partial charge on any atom is -0.338 e. The van der Waals surface area contributed by atoms with Crippen molar-refractivity contribution in [3.05, 3.63) is 24.4 Å². The maximum absolute atomic E-state index is 5.38. The predicted molar refractivity (Wildman–Crippen MR) is 80.9 cm³/mol. The Bertz CT molecular complexity index is 552. The molecule has 7 heteroatoms. The summed E-state index contributed by atoms with van der Waals surface area (Å²) in [6.45, 7) is 6.01. The van der Waals surface area contributed by atoms with Crippen LogP contribution < -0.4 is 0 Å². The SMILES string of the molecule is CCCCc1noc(CN2CCCC(Cn3cncn3)C2)n1. The standard InChI is InChI=1S/C15H24N6O/c1-2-3-6-14-18-15(22-19-14)10-20-7-4-5-13(8-20)9-21-12-16-11-17-21/h11-13H,2-10H2,1H3. The quantitative estimate of drug-likeness (QED) is 0.778. The normalized spacial score (nSPS) is 19.6. The molecular formula is C15H24N6O. The van der Waals surface area contributed by atoms with Crippen molar-refractivity contribution >= 4 is 0 Å². The third-order valence-corrected chi connectivity index (χ3v) is 4.14. The van der Waals surface area contributed by atoms with E-state index in [-0.39, 0.29) is 0 Å². The molecule has 7 nitrogen and oxygen atoms in total. The largest absolute Gasteiger partial charge is 0.338 e. The van der Waals surface area contributed by atoms with Gasteiger partial charge >= 0.3 is 0 Å². The van der Waals surface area contributed by atoms with E-state index in [4.69, 9.17) is 4.52 Å². The van der Waals surface area contributed by atoms with Crippen LogP contribution in [0.15, 0.2) is 17.2 Å². The lowest BCUT2D eigenvalue weighted by atomic mass is 9.98. The van der Waals surface area contributed by atoms with Crippen molar-refractivity contribution in [2.24, 2.45) is 5.92 Å². The summed E-state index contributed by atoms with van der Waals surface area (Å²) in [6, 6.07) is 0. The minimum atomic E-state index is 0.609. The molecule has 0 amide bonds. The summed E-state index contributed by atoms with van der Waals surface area (Å²) < 4.78 is 7.30. The lowest BCUT2D eigenvalue weighted by Gasteiger charge is -2.31. The molecule has 1 saturated heterocycles. The molecule has 0 spiro atoms. The van der Waals surface area contributed by atoms with Gasteiger partial charge in [0.1, 0.15) is 12.7 Å². The summed E-state index contributed by atoms with van der Waals surface area (Å²) in [7, 11) is 0. The van der Waals surface area contributed by atoms with Gasteiger partial charge in [-0.05, 0) is 31.7 Å². The molecule has 0 radical (unpaired) electrons. The number of unbranched alkanes of at least 4 members (excludes halogenated alkanes) is 1. The molecule has 1 atom stereocenters. The van der Waals surface area contributed by atoms with Gasteiger partial charge in [0.2, 0.25) is 5.89 Å². The van der Waals surface area contributed by atoms with Gasteiger partial charge in [0.25, 0.3) is 0 Å². The Morgan fingerprint density at radius 3 is 3.18 bits per heavy atom. The van der Waals surface area contributed by atoms with E-state index in [1.165, 1.54) is 12.8 Å². The molecule has 2 aromatic heterocycles. The highest BCUT2D eigenvalue weighted by Crippen LogP contribution is 2.19. The van der Waals surface area contributed by atoms with E-state index in [2.05, 4.69) is 32.0 Å². The summed E-state index contributed by atoms with van der Waals surface area (Å²) in [5.74, 6) is 2.19. The van der Waals surface area contributed by atoms with Crippen LogP contribution in [0.25, 0.3) is 0 Å². The van der Waals surface area contributed by atoms with Crippen molar-refractivity contribution < 1.29 is 4.52 Å². The first-order chi connectivity index (χ1) is 10.8. The molecule has 1 aliphatic rings. The van der Waals surface area contributed by atoms with E-state index in [0.29, 0.717) is 5.92 Å². The zero-order valence-electron chi connectivity index (χ0n) is 13.2. The number of aromatic nitrogens is 5. The maximum Gasteiger partial charge on any atom is 0.240 e. The van der Waals surface area contributed by atoms with Crippen molar-refractivity contribution in [1.82, 2.24) is 29.8 Å². The lowest BCUT2D eigenvalue weighted by molar-refractivity contribution is 0.138. The van der Waals surface area contributed by atoms with Crippen molar-refractivity contribution in [3.8, 4) is 0 Å². The number of rotatable bonds is 7. The van der Waals surface area contributed by atoms with Crippen LogP contribution in [0.3, 0.4) is 0 Å². The van der Waals surface area contributed by atoms with Crippen LogP contribution in [-0.4, -0.2) is 42.9 Å². The lowest BCUT2D eigenvalue weighted by Crippen LogP contribution is -2.36. The summed E-state index contributed by atoms with van der Waals surface area (Å²) in [6.07, 6.45) is 9.00. The molecular weight excluding hydrogens is 280 g/mol. The van der Waals surface area contributed by atoms with Crippen LogP contribution in [0.4, 0.5) is 0 Å². The molecule has 2 aromatic rings. The van der Waals surface area contributed by atoms with Crippen molar-refractivity contribution in [2.45, 2.75) is 52.1 Å². The van der Waals surface area contributed by atoms with E-state index in [1.807, 2.05) is 4.68 Å². The first-order valence-electron chi connectivity index (χ1n) is 8.19. The molecule has 0 aromatic carbocycles. The molecule has 0 aliphatic carbocycles. The number of piperidine rings is 1. The van der Waals surface area contributed by atoms with Gasteiger partial charge in [0.05, 0.1) is 6.54 Å². The van der Waals surface area contributed by atoms with E-state index in [1.54, 1.807) is 12.7 Å². The fraction of sp³-hybridized carbons (Fsp3) is 0.733. The second-order valence-corrected chi connectivity index (χ2v) is 6.07. The Labute approximate surface area is 130 Å². The topological polar surface area (TPSA) is 72.9 Å². The van der Waals surface area contributed by atoms with Gasteiger partial charge in [-0.2, -0.15) is 10.1 Å². The molecule has 120 valence electrons. The third-order valence-electron chi connectivity index (χ3n) is 4.14. The zero-order chi connectivity index (χ0) is 15.2. The van der Waals surface area contributed by atoms with Crippen LogP contribution in [-0.2, 0) is 19.5 Å². The minimum absolute atomic E-state index is 0.609. The number of hydrogen-bond donors (Lipinski definition) is 0. The second-order valence-electron chi connectivity index (χ2n) is 6.07. The monoisotopic (exact) mass is 304 g/mol. The van der Waals surface area contributed by atoms with E-state index < -0.39 is 0 Å². The highest BCUT2D eigenvalue weighted by molar-refractivity contribution is 4.87. The van der Waals surface area contributed by atoms with Gasteiger partial charge in [-0.25, -0.2) is 4.98 Å². The molecule has 3 rings (SSSR count). The number of aryl methyl sites for hydroxylation is 1. The Morgan fingerprint density at radius 1 is 1.41 bits per heavy atom. The van der Waals surface area contributed by atoms with E-state index in [0.717, 1.165) is 57.2 Å². The Morgan fingerprint density at radius 2 is 2.36 bits per heavy atom. The molecule has 1 unspecified atom stereocenters. The number of nitrogens with zero attached hydrogens (tertiary/aromatic N) is 6. The first kappa shape index (κ1) is 15.1. The molecule has 0 N–H and O–H groups in total. The van der Waals surface area contributed by atoms with Gasteiger partial charge < -0.3 is 4.52 Å². The second kappa shape index (κ2) is 7.49. The van der Waals surface area contributed by atoms with Crippen LogP contribution in [0.2, 0.25) is 0 Å². The zero-order valence-corrected chi connectivity index (χ0v) is 13.2. The van der Waals surface area contributed by atoms with Crippen LogP contribution in [0.1, 0.15) is 44.3 Å². The molecule has 22 heavy (non-hydrogen) atoms.